The minimum absolute atomic E-state index is 0.130. The maximum absolute atomic E-state index is 14.2. The summed E-state index contributed by atoms with van der Waals surface area (Å²) in [6, 6.07) is 13.7. The smallest absolute Gasteiger partial charge is 0.351 e. The molecule has 156 valence electrons. The molecule has 0 radical (unpaired) electrons. The van der Waals surface area contributed by atoms with Gasteiger partial charge in [-0.1, -0.05) is 30.3 Å². The summed E-state index contributed by atoms with van der Waals surface area (Å²) in [5.41, 5.74) is -0.777. The van der Waals surface area contributed by atoms with Crippen molar-refractivity contribution in [2.24, 2.45) is 0 Å². The molecular weight excluding hydrogens is 400 g/mol. The van der Waals surface area contributed by atoms with E-state index in [-0.39, 0.29) is 5.82 Å². The monoisotopic (exact) mass is 417 g/mol. The lowest BCUT2D eigenvalue weighted by molar-refractivity contribution is -0.140. The number of nitrogens with one attached hydrogen (secondary N) is 1. The van der Waals surface area contributed by atoms with E-state index in [2.05, 4.69) is 10.3 Å². The van der Waals surface area contributed by atoms with E-state index in [1.165, 1.54) is 6.07 Å². The number of ether oxygens (including phenoxy) is 1. The van der Waals surface area contributed by atoms with Crippen LogP contribution in [0.4, 0.5) is 14.6 Å². The van der Waals surface area contributed by atoms with Gasteiger partial charge in [0.05, 0.1) is 6.61 Å². The molecule has 1 aliphatic heterocycles. The van der Waals surface area contributed by atoms with Crippen molar-refractivity contribution in [1.82, 2.24) is 9.55 Å². The van der Waals surface area contributed by atoms with Crippen LogP contribution >= 0.6 is 0 Å². The third-order valence-corrected chi connectivity index (χ3v) is 4.90. The van der Waals surface area contributed by atoms with Gasteiger partial charge in [-0.15, -0.1) is 0 Å². The number of hydrogen-bond acceptors (Lipinski definition) is 6. The molecule has 2 aromatic carbocycles. The number of aliphatic hydroxyl groups is 2. The highest BCUT2D eigenvalue weighted by Gasteiger charge is 2.59. The molecular formula is C20H17F2N3O5. The van der Waals surface area contributed by atoms with Crippen molar-refractivity contribution in [2.45, 2.75) is 24.4 Å². The fourth-order valence-electron chi connectivity index (χ4n) is 3.30. The highest BCUT2D eigenvalue weighted by molar-refractivity contribution is 6.06. The van der Waals surface area contributed by atoms with Gasteiger partial charge in [0.2, 0.25) is 6.23 Å². The Morgan fingerprint density at radius 3 is 2.60 bits per heavy atom. The van der Waals surface area contributed by atoms with Crippen LogP contribution in [0, 0.1) is 0 Å². The number of fused-ring (bicyclic) bond motifs is 1. The first kappa shape index (κ1) is 20.1. The second-order valence-electron chi connectivity index (χ2n) is 6.85. The zero-order valence-corrected chi connectivity index (χ0v) is 15.4. The number of nitrogens with zero attached hydrogens (tertiary/aromatic N) is 2. The number of halogens is 2. The summed E-state index contributed by atoms with van der Waals surface area (Å²) >= 11 is 0. The van der Waals surface area contributed by atoms with E-state index in [1.54, 1.807) is 18.2 Å². The van der Waals surface area contributed by atoms with Gasteiger partial charge in [-0.05, 0) is 29.0 Å². The molecule has 30 heavy (non-hydrogen) atoms. The zero-order valence-electron chi connectivity index (χ0n) is 15.4. The first-order chi connectivity index (χ1) is 14.3. The molecule has 3 atom stereocenters. The van der Waals surface area contributed by atoms with Crippen LogP contribution in [0.25, 0.3) is 10.8 Å². The highest BCUT2D eigenvalue weighted by atomic mass is 19.3. The Hall–Kier alpha value is -3.21. The molecule has 3 aromatic rings. The maximum Gasteiger partial charge on any atom is 0.351 e. The molecule has 3 N–H and O–H groups in total. The molecule has 1 unspecified atom stereocenters. The second kappa shape index (κ2) is 7.56. The quantitative estimate of drug-likeness (QED) is 0.594. The molecule has 1 amide bonds. The Bertz CT molecular complexity index is 1170. The Morgan fingerprint density at radius 2 is 1.93 bits per heavy atom. The number of amides is 1. The largest absolute Gasteiger partial charge is 0.394 e. The average molecular weight is 417 g/mol. The van der Waals surface area contributed by atoms with Crippen LogP contribution in [-0.4, -0.2) is 50.4 Å². The molecule has 0 saturated carbocycles. The SMILES string of the molecule is O=C(Nc1ccn(C2O[C@H](CO)[C@@H](O)C2(F)F)c(=O)n1)c1ccc2ccccc2c1. The van der Waals surface area contributed by atoms with Gasteiger partial charge in [-0.3, -0.25) is 9.36 Å². The van der Waals surface area contributed by atoms with Crippen LogP contribution in [0.3, 0.4) is 0 Å². The Kier molecular flexibility index (Phi) is 5.06. The van der Waals surface area contributed by atoms with Gasteiger partial charge < -0.3 is 20.3 Å². The lowest BCUT2D eigenvalue weighted by Crippen LogP contribution is -2.41. The minimum atomic E-state index is -3.81. The molecule has 1 aliphatic rings. The third-order valence-electron chi connectivity index (χ3n) is 4.90. The van der Waals surface area contributed by atoms with Crippen LogP contribution in [0.15, 0.2) is 59.5 Å². The molecule has 1 saturated heterocycles. The van der Waals surface area contributed by atoms with E-state index < -0.39 is 42.6 Å². The third kappa shape index (κ3) is 3.45. The molecule has 0 spiro atoms. The van der Waals surface area contributed by atoms with E-state index in [0.717, 1.165) is 17.0 Å². The molecule has 10 heteroatoms. The molecule has 1 fully saturated rings. The van der Waals surface area contributed by atoms with Gasteiger partial charge in [0.1, 0.15) is 11.9 Å². The summed E-state index contributed by atoms with van der Waals surface area (Å²) in [6.45, 7) is -0.838. The summed E-state index contributed by atoms with van der Waals surface area (Å²) in [7, 11) is 0. The first-order valence-corrected chi connectivity index (χ1v) is 9.03. The summed E-state index contributed by atoms with van der Waals surface area (Å²) in [5, 5.41) is 22.9. The summed E-state index contributed by atoms with van der Waals surface area (Å²) in [4.78, 5) is 28.3. The number of carbonyl (C=O) groups excluding carboxylic acids is 1. The predicted octanol–water partition coefficient (Wildman–Crippen LogP) is 1.53. The number of benzene rings is 2. The van der Waals surface area contributed by atoms with Crippen LogP contribution < -0.4 is 11.0 Å². The van der Waals surface area contributed by atoms with Crippen molar-refractivity contribution in [2.75, 3.05) is 11.9 Å². The Morgan fingerprint density at radius 1 is 1.20 bits per heavy atom. The fourth-order valence-corrected chi connectivity index (χ4v) is 3.30. The number of anilines is 1. The fraction of sp³-hybridized carbons (Fsp3) is 0.250. The van der Waals surface area contributed by atoms with E-state index in [0.29, 0.717) is 10.1 Å². The second-order valence-corrected chi connectivity index (χ2v) is 6.85. The van der Waals surface area contributed by atoms with Crippen molar-refractivity contribution in [1.29, 1.82) is 0 Å². The summed E-state index contributed by atoms with van der Waals surface area (Å²) in [5.74, 6) is -4.46. The van der Waals surface area contributed by atoms with Gasteiger partial charge >= 0.3 is 11.6 Å². The van der Waals surface area contributed by atoms with Crippen molar-refractivity contribution in [3.05, 3.63) is 70.8 Å². The van der Waals surface area contributed by atoms with E-state index >= 15 is 0 Å². The van der Waals surface area contributed by atoms with Crippen LogP contribution in [0.1, 0.15) is 16.6 Å². The van der Waals surface area contributed by atoms with E-state index in [4.69, 9.17) is 9.84 Å². The standard InChI is InChI=1S/C20H17F2N3O5/c21-20(22)16(27)14(10-26)30-18(20)25-8-7-15(24-19(25)29)23-17(28)13-6-5-11-3-1-2-4-12(11)9-13/h1-9,14,16,18,26-27H,10H2,(H,23,24,28,29)/t14-,16-,18?/m1/s1. The summed E-state index contributed by atoms with van der Waals surface area (Å²) < 4.78 is 33.9. The maximum atomic E-state index is 14.2. The van der Waals surface area contributed by atoms with Crippen LogP contribution in [-0.2, 0) is 4.74 Å². The number of carbonyl (C=O) groups is 1. The zero-order chi connectivity index (χ0) is 21.5. The van der Waals surface area contributed by atoms with Gasteiger partial charge in [0.15, 0.2) is 6.10 Å². The molecule has 0 aliphatic carbocycles. The van der Waals surface area contributed by atoms with Crippen molar-refractivity contribution in [3.8, 4) is 0 Å². The normalized spacial score (nSPS) is 22.9. The molecule has 0 bridgehead atoms. The first-order valence-electron chi connectivity index (χ1n) is 9.03. The number of hydrogen-bond donors (Lipinski definition) is 3. The molecule has 4 rings (SSSR count). The topological polar surface area (TPSA) is 114 Å². The van der Waals surface area contributed by atoms with Crippen molar-refractivity contribution < 1.29 is 28.5 Å². The van der Waals surface area contributed by atoms with Crippen LogP contribution in [0.5, 0.6) is 0 Å². The Labute approximate surface area is 168 Å². The molecule has 2 heterocycles. The van der Waals surface area contributed by atoms with Gasteiger partial charge in [0, 0.05) is 11.8 Å². The number of aromatic nitrogens is 2. The number of aliphatic hydroxyl groups excluding tert-OH is 2. The Balaban J connectivity index is 1.56. The predicted molar refractivity (Wildman–Crippen MR) is 102 cm³/mol. The van der Waals surface area contributed by atoms with Gasteiger partial charge in [0.25, 0.3) is 5.91 Å². The lowest BCUT2D eigenvalue weighted by Gasteiger charge is -2.21. The molecule has 8 nitrogen and oxygen atoms in total. The number of rotatable bonds is 4. The lowest BCUT2D eigenvalue weighted by atomic mass is 10.1. The van der Waals surface area contributed by atoms with Gasteiger partial charge in [-0.25, -0.2) is 4.79 Å². The molecule has 1 aromatic heterocycles. The van der Waals surface area contributed by atoms with E-state index in [1.807, 2.05) is 24.3 Å². The number of alkyl halides is 2. The van der Waals surface area contributed by atoms with Gasteiger partial charge in [-0.2, -0.15) is 13.8 Å². The van der Waals surface area contributed by atoms with Crippen LogP contribution in [0.2, 0.25) is 0 Å². The highest BCUT2D eigenvalue weighted by Crippen LogP contribution is 2.41. The van der Waals surface area contributed by atoms with Crippen molar-refractivity contribution >= 4 is 22.5 Å². The van der Waals surface area contributed by atoms with Crippen molar-refractivity contribution in [3.63, 3.8) is 0 Å². The minimum Gasteiger partial charge on any atom is -0.394 e. The van der Waals surface area contributed by atoms with E-state index in [9.17, 15) is 23.5 Å². The average Bonchev–Trinajstić information content (AvgIpc) is 2.96. The summed E-state index contributed by atoms with van der Waals surface area (Å²) in [6.07, 6.45) is -4.96.